The van der Waals surface area contributed by atoms with Crippen LogP contribution in [0.15, 0.2) is 42.7 Å². The smallest absolute Gasteiger partial charge is 0.242 e. The molecule has 1 N–H and O–H groups in total. The highest BCUT2D eigenvalue weighted by molar-refractivity contribution is 7.80. The first-order valence-electron chi connectivity index (χ1n) is 6.21. The van der Waals surface area contributed by atoms with Crippen molar-refractivity contribution in [2.24, 2.45) is 0 Å². The van der Waals surface area contributed by atoms with Crippen LogP contribution in [0.5, 0.6) is 0 Å². The quantitative estimate of drug-likeness (QED) is 0.821. The van der Waals surface area contributed by atoms with Crippen LogP contribution in [0.25, 0.3) is 11.4 Å². The van der Waals surface area contributed by atoms with Gasteiger partial charge in [0.1, 0.15) is 11.9 Å². The number of nitrogens with one attached hydrogen (secondary N) is 1. The van der Waals surface area contributed by atoms with E-state index in [1.807, 2.05) is 48.0 Å². The molecule has 0 spiro atoms. The molecule has 100 valence electrons. The van der Waals surface area contributed by atoms with Gasteiger partial charge in [0.25, 0.3) is 0 Å². The van der Waals surface area contributed by atoms with E-state index in [4.69, 9.17) is 0 Å². The van der Waals surface area contributed by atoms with E-state index >= 15 is 0 Å². The molecule has 0 radical (unpaired) electrons. The minimum absolute atomic E-state index is 0.0239. The highest BCUT2D eigenvalue weighted by atomic mass is 32.1. The first-order chi connectivity index (χ1) is 9.24. The van der Waals surface area contributed by atoms with E-state index in [2.05, 4.69) is 22.9 Å². The number of carbonyl (C=O) groups is 1. The molecule has 4 nitrogen and oxygen atoms in total. The fourth-order valence-electron chi connectivity index (χ4n) is 1.89. The Hall–Kier alpha value is -1.75. The van der Waals surface area contributed by atoms with Crippen molar-refractivity contribution in [3.8, 4) is 11.4 Å². The second kappa shape index (κ2) is 6.43. The molecule has 2 aromatic rings. The molecule has 1 aromatic carbocycles. The number of hydrogen-bond acceptors (Lipinski definition) is 3. The van der Waals surface area contributed by atoms with Crippen molar-refractivity contribution in [1.29, 1.82) is 0 Å². The first-order valence-corrected chi connectivity index (χ1v) is 6.84. The summed E-state index contributed by atoms with van der Waals surface area (Å²) in [5.74, 6) is 1.41. The molecule has 19 heavy (non-hydrogen) atoms. The van der Waals surface area contributed by atoms with Gasteiger partial charge in [0.05, 0.1) is 0 Å². The maximum absolute atomic E-state index is 12.0. The molecule has 1 heterocycles. The Morgan fingerprint density at radius 1 is 1.42 bits per heavy atom. The van der Waals surface area contributed by atoms with Crippen LogP contribution in [0.2, 0.25) is 0 Å². The SMILES string of the molecule is CC(C(=O)NCCS)n1ccnc1-c1ccccc1. The van der Waals surface area contributed by atoms with Gasteiger partial charge in [-0.25, -0.2) is 4.98 Å². The summed E-state index contributed by atoms with van der Waals surface area (Å²) in [5, 5.41) is 2.84. The zero-order valence-corrected chi connectivity index (χ0v) is 11.7. The van der Waals surface area contributed by atoms with E-state index in [1.165, 1.54) is 0 Å². The van der Waals surface area contributed by atoms with Crippen LogP contribution in [0.1, 0.15) is 13.0 Å². The second-order valence-electron chi connectivity index (χ2n) is 4.21. The van der Waals surface area contributed by atoms with E-state index in [9.17, 15) is 4.79 Å². The predicted octanol–water partition coefficient (Wildman–Crippen LogP) is 2.16. The summed E-state index contributed by atoms with van der Waals surface area (Å²) in [4.78, 5) is 16.3. The summed E-state index contributed by atoms with van der Waals surface area (Å²) < 4.78 is 1.88. The predicted molar refractivity (Wildman–Crippen MR) is 79.2 cm³/mol. The Kier molecular flexibility index (Phi) is 4.63. The average molecular weight is 275 g/mol. The maximum atomic E-state index is 12.0. The monoisotopic (exact) mass is 275 g/mol. The molecule has 0 saturated heterocycles. The van der Waals surface area contributed by atoms with Gasteiger partial charge in [0.2, 0.25) is 5.91 Å². The number of thiol groups is 1. The first kappa shape index (κ1) is 13.7. The lowest BCUT2D eigenvalue weighted by Gasteiger charge is -2.16. The van der Waals surface area contributed by atoms with E-state index in [0.29, 0.717) is 12.3 Å². The van der Waals surface area contributed by atoms with Gasteiger partial charge in [-0.15, -0.1) is 0 Å². The molecule has 2 rings (SSSR count). The summed E-state index contributed by atoms with van der Waals surface area (Å²) in [5.41, 5.74) is 1.00. The van der Waals surface area contributed by atoms with Crippen LogP contribution in [0.4, 0.5) is 0 Å². The van der Waals surface area contributed by atoms with Gasteiger partial charge in [0, 0.05) is 30.3 Å². The normalized spacial score (nSPS) is 12.1. The van der Waals surface area contributed by atoms with E-state index in [1.54, 1.807) is 6.20 Å². The fraction of sp³-hybridized carbons (Fsp3) is 0.286. The lowest BCUT2D eigenvalue weighted by Crippen LogP contribution is -2.32. The molecule has 0 aliphatic rings. The molecule has 0 aliphatic heterocycles. The van der Waals surface area contributed by atoms with Crippen molar-refractivity contribution in [3.63, 3.8) is 0 Å². The van der Waals surface area contributed by atoms with Gasteiger partial charge in [-0.05, 0) is 6.92 Å². The third-order valence-corrected chi connectivity index (χ3v) is 3.13. The van der Waals surface area contributed by atoms with Crippen LogP contribution >= 0.6 is 12.6 Å². The molecular weight excluding hydrogens is 258 g/mol. The van der Waals surface area contributed by atoms with Crippen LogP contribution in [0.3, 0.4) is 0 Å². The Balaban J connectivity index is 2.22. The Morgan fingerprint density at radius 2 is 2.16 bits per heavy atom. The summed E-state index contributed by atoms with van der Waals surface area (Å²) in [6, 6.07) is 9.55. The van der Waals surface area contributed by atoms with Crippen molar-refractivity contribution in [3.05, 3.63) is 42.7 Å². The van der Waals surface area contributed by atoms with Crippen molar-refractivity contribution in [2.45, 2.75) is 13.0 Å². The van der Waals surface area contributed by atoms with Crippen LogP contribution in [-0.4, -0.2) is 27.8 Å². The molecular formula is C14H17N3OS. The zero-order valence-electron chi connectivity index (χ0n) is 10.8. The molecule has 0 fully saturated rings. The summed E-state index contributed by atoms with van der Waals surface area (Å²) in [6.45, 7) is 2.43. The lowest BCUT2D eigenvalue weighted by molar-refractivity contribution is -0.123. The number of rotatable bonds is 5. The summed E-state index contributed by atoms with van der Waals surface area (Å²) in [7, 11) is 0. The van der Waals surface area contributed by atoms with E-state index in [-0.39, 0.29) is 11.9 Å². The minimum Gasteiger partial charge on any atom is -0.353 e. The van der Waals surface area contributed by atoms with Crippen molar-refractivity contribution >= 4 is 18.5 Å². The molecule has 0 saturated carbocycles. The highest BCUT2D eigenvalue weighted by Crippen LogP contribution is 2.20. The zero-order chi connectivity index (χ0) is 13.7. The number of imidazole rings is 1. The molecule has 1 atom stereocenters. The maximum Gasteiger partial charge on any atom is 0.242 e. The average Bonchev–Trinajstić information content (AvgIpc) is 2.94. The van der Waals surface area contributed by atoms with E-state index < -0.39 is 0 Å². The van der Waals surface area contributed by atoms with Crippen LogP contribution in [-0.2, 0) is 4.79 Å². The third-order valence-electron chi connectivity index (χ3n) is 2.91. The Morgan fingerprint density at radius 3 is 2.84 bits per heavy atom. The van der Waals surface area contributed by atoms with Crippen molar-refractivity contribution in [1.82, 2.24) is 14.9 Å². The van der Waals surface area contributed by atoms with Crippen LogP contribution in [0, 0.1) is 0 Å². The topological polar surface area (TPSA) is 46.9 Å². The number of nitrogens with zero attached hydrogens (tertiary/aromatic N) is 2. The molecule has 1 aromatic heterocycles. The Labute approximate surface area is 118 Å². The van der Waals surface area contributed by atoms with Gasteiger partial charge < -0.3 is 9.88 Å². The number of benzene rings is 1. The molecule has 1 unspecified atom stereocenters. The lowest BCUT2D eigenvalue weighted by atomic mass is 10.2. The molecule has 5 heteroatoms. The van der Waals surface area contributed by atoms with Crippen molar-refractivity contribution < 1.29 is 4.79 Å². The third kappa shape index (κ3) is 3.17. The molecule has 0 aliphatic carbocycles. The second-order valence-corrected chi connectivity index (χ2v) is 4.66. The van der Waals surface area contributed by atoms with Gasteiger partial charge in [-0.2, -0.15) is 12.6 Å². The summed E-state index contributed by atoms with van der Waals surface area (Å²) in [6.07, 6.45) is 3.54. The minimum atomic E-state index is -0.294. The van der Waals surface area contributed by atoms with Gasteiger partial charge in [-0.3, -0.25) is 4.79 Å². The number of amides is 1. The molecule has 1 amide bonds. The summed E-state index contributed by atoms with van der Waals surface area (Å²) >= 11 is 4.08. The number of carbonyl (C=O) groups excluding carboxylic acids is 1. The standard InChI is InChI=1S/C14H17N3OS/c1-11(14(18)16-8-10-19)17-9-7-15-13(17)12-5-3-2-4-6-12/h2-7,9,11,19H,8,10H2,1H3,(H,16,18). The van der Waals surface area contributed by atoms with Crippen LogP contribution < -0.4 is 5.32 Å². The Bertz CT molecular complexity index is 539. The van der Waals surface area contributed by atoms with Gasteiger partial charge >= 0.3 is 0 Å². The number of aromatic nitrogens is 2. The highest BCUT2D eigenvalue weighted by Gasteiger charge is 2.17. The largest absolute Gasteiger partial charge is 0.353 e. The number of hydrogen-bond donors (Lipinski definition) is 2. The fourth-order valence-corrected chi connectivity index (χ4v) is 2.00. The molecule has 0 bridgehead atoms. The van der Waals surface area contributed by atoms with Gasteiger partial charge in [0.15, 0.2) is 0 Å². The van der Waals surface area contributed by atoms with Gasteiger partial charge in [-0.1, -0.05) is 30.3 Å². The van der Waals surface area contributed by atoms with E-state index in [0.717, 1.165) is 11.4 Å². The van der Waals surface area contributed by atoms with Crippen molar-refractivity contribution in [2.75, 3.05) is 12.3 Å².